The highest BCUT2D eigenvalue weighted by Gasteiger charge is 2.11. The molecular weight excluding hydrogens is 260 g/mol. The summed E-state index contributed by atoms with van der Waals surface area (Å²) in [6.45, 7) is 3.64. The number of rotatable bonds is 4. The fourth-order valence-corrected chi connectivity index (χ4v) is 1.68. The molecule has 104 valence electrons. The summed E-state index contributed by atoms with van der Waals surface area (Å²) in [5.74, 6) is 1.73. The number of non-ortho nitro benzene ring substituents is 1. The van der Waals surface area contributed by atoms with E-state index in [0.29, 0.717) is 35.3 Å². The van der Waals surface area contributed by atoms with E-state index in [1.807, 2.05) is 6.92 Å². The number of aryl methyl sites for hydroxylation is 2. The SMILES string of the molecule is CCc1nc(N)cc(Oc2ccc([N+](=O)[O-])cc2C)n1. The van der Waals surface area contributed by atoms with Crippen LogP contribution in [0.15, 0.2) is 24.3 Å². The van der Waals surface area contributed by atoms with E-state index in [9.17, 15) is 10.1 Å². The molecule has 0 aliphatic rings. The van der Waals surface area contributed by atoms with Crippen LogP contribution in [0.5, 0.6) is 11.6 Å². The number of nitrogens with zero attached hydrogens (tertiary/aromatic N) is 3. The molecule has 7 heteroatoms. The number of hydrogen-bond acceptors (Lipinski definition) is 6. The standard InChI is InChI=1S/C13H14N4O3/c1-3-12-15-11(14)7-13(16-12)20-10-5-4-9(17(18)19)6-8(10)2/h4-7H,3H2,1-2H3,(H2,14,15,16). The van der Waals surface area contributed by atoms with E-state index in [4.69, 9.17) is 10.5 Å². The van der Waals surface area contributed by atoms with Gasteiger partial charge in [-0.3, -0.25) is 10.1 Å². The Morgan fingerprint density at radius 1 is 1.35 bits per heavy atom. The molecule has 0 unspecified atom stereocenters. The maximum atomic E-state index is 10.7. The van der Waals surface area contributed by atoms with Crippen LogP contribution in [0.3, 0.4) is 0 Å². The Labute approximate surface area is 115 Å². The summed E-state index contributed by atoms with van der Waals surface area (Å²) >= 11 is 0. The number of benzene rings is 1. The van der Waals surface area contributed by atoms with E-state index in [2.05, 4.69) is 9.97 Å². The van der Waals surface area contributed by atoms with Crippen molar-refractivity contribution < 1.29 is 9.66 Å². The highest BCUT2D eigenvalue weighted by Crippen LogP contribution is 2.27. The summed E-state index contributed by atoms with van der Waals surface area (Å²) in [5.41, 5.74) is 6.34. The van der Waals surface area contributed by atoms with Crippen LogP contribution < -0.4 is 10.5 Å². The maximum absolute atomic E-state index is 10.7. The predicted octanol–water partition coefficient (Wildman–Crippen LogP) is 2.63. The van der Waals surface area contributed by atoms with E-state index in [1.165, 1.54) is 24.3 Å². The third-order valence-electron chi connectivity index (χ3n) is 2.67. The quantitative estimate of drug-likeness (QED) is 0.678. The van der Waals surface area contributed by atoms with Gasteiger partial charge in [-0.1, -0.05) is 6.92 Å². The highest BCUT2D eigenvalue weighted by atomic mass is 16.6. The first-order valence-corrected chi connectivity index (χ1v) is 6.06. The number of hydrogen-bond donors (Lipinski definition) is 1. The molecule has 0 atom stereocenters. The summed E-state index contributed by atoms with van der Waals surface area (Å²) in [7, 11) is 0. The van der Waals surface area contributed by atoms with Gasteiger partial charge in [0, 0.05) is 24.6 Å². The molecule has 2 rings (SSSR count). The van der Waals surface area contributed by atoms with Gasteiger partial charge in [0.2, 0.25) is 5.88 Å². The van der Waals surface area contributed by atoms with Gasteiger partial charge < -0.3 is 10.5 Å². The van der Waals surface area contributed by atoms with Crippen molar-refractivity contribution in [3.63, 3.8) is 0 Å². The summed E-state index contributed by atoms with van der Waals surface area (Å²) in [5, 5.41) is 10.7. The van der Waals surface area contributed by atoms with E-state index in [1.54, 1.807) is 6.92 Å². The van der Waals surface area contributed by atoms with Crippen molar-refractivity contribution in [3.8, 4) is 11.6 Å². The Bertz CT molecular complexity index is 658. The van der Waals surface area contributed by atoms with Crippen LogP contribution in [-0.4, -0.2) is 14.9 Å². The van der Waals surface area contributed by atoms with Crippen LogP contribution in [0.4, 0.5) is 11.5 Å². The zero-order valence-electron chi connectivity index (χ0n) is 11.2. The van der Waals surface area contributed by atoms with Crippen LogP contribution in [0.1, 0.15) is 18.3 Å². The first-order chi connectivity index (χ1) is 9.49. The summed E-state index contributed by atoms with van der Waals surface area (Å²) in [6, 6.07) is 5.88. The molecule has 0 aliphatic heterocycles. The highest BCUT2D eigenvalue weighted by molar-refractivity contribution is 5.45. The average Bonchev–Trinajstić information content (AvgIpc) is 2.40. The number of ether oxygens (including phenoxy) is 1. The van der Waals surface area contributed by atoms with Crippen molar-refractivity contribution in [2.45, 2.75) is 20.3 Å². The van der Waals surface area contributed by atoms with Gasteiger partial charge >= 0.3 is 0 Å². The number of nitro groups is 1. The first kappa shape index (κ1) is 13.7. The maximum Gasteiger partial charge on any atom is 0.269 e. The van der Waals surface area contributed by atoms with Crippen molar-refractivity contribution in [1.29, 1.82) is 0 Å². The fraction of sp³-hybridized carbons (Fsp3) is 0.231. The summed E-state index contributed by atoms with van der Waals surface area (Å²) in [4.78, 5) is 18.5. The molecule has 7 nitrogen and oxygen atoms in total. The molecule has 0 saturated heterocycles. The molecule has 0 spiro atoms. The fourth-order valence-electron chi connectivity index (χ4n) is 1.68. The zero-order chi connectivity index (χ0) is 14.7. The zero-order valence-corrected chi connectivity index (χ0v) is 11.2. The Balaban J connectivity index is 2.30. The molecule has 0 bridgehead atoms. The topological polar surface area (TPSA) is 104 Å². The molecule has 0 fully saturated rings. The number of aromatic nitrogens is 2. The third-order valence-corrected chi connectivity index (χ3v) is 2.67. The molecule has 0 aliphatic carbocycles. The van der Waals surface area contributed by atoms with E-state index in [0.717, 1.165) is 0 Å². The normalized spacial score (nSPS) is 10.3. The second-order valence-corrected chi connectivity index (χ2v) is 4.21. The minimum Gasteiger partial charge on any atom is -0.439 e. The molecule has 0 radical (unpaired) electrons. The lowest BCUT2D eigenvalue weighted by Crippen LogP contribution is -2.01. The van der Waals surface area contributed by atoms with Crippen LogP contribution in [0.25, 0.3) is 0 Å². The van der Waals surface area contributed by atoms with Gasteiger partial charge in [-0.2, -0.15) is 4.98 Å². The smallest absolute Gasteiger partial charge is 0.269 e. The van der Waals surface area contributed by atoms with Crippen molar-refractivity contribution in [3.05, 3.63) is 45.8 Å². The molecular formula is C13H14N4O3. The van der Waals surface area contributed by atoms with Gasteiger partial charge in [-0.15, -0.1) is 0 Å². The molecule has 1 heterocycles. The van der Waals surface area contributed by atoms with Crippen LogP contribution >= 0.6 is 0 Å². The minimum atomic E-state index is -0.450. The Morgan fingerprint density at radius 3 is 2.70 bits per heavy atom. The minimum absolute atomic E-state index is 0.0197. The largest absolute Gasteiger partial charge is 0.439 e. The molecule has 0 amide bonds. The van der Waals surface area contributed by atoms with Crippen molar-refractivity contribution in [2.24, 2.45) is 0 Å². The van der Waals surface area contributed by atoms with E-state index < -0.39 is 4.92 Å². The third kappa shape index (κ3) is 3.00. The van der Waals surface area contributed by atoms with Crippen molar-refractivity contribution in [2.75, 3.05) is 5.73 Å². The predicted molar refractivity (Wildman–Crippen MR) is 73.7 cm³/mol. The van der Waals surface area contributed by atoms with Gasteiger partial charge in [0.15, 0.2) is 0 Å². The molecule has 20 heavy (non-hydrogen) atoms. The van der Waals surface area contributed by atoms with E-state index in [-0.39, 0.29) is 5.69 Å². The molecule has 0 saturated carbocycles. The van der Waals surface area contributed by atoms with Crippen molar-refractivity contribution in [1.82, 2.24) is 9.97 Å². The Kier molecular flexibility index (Phi) is 3.79. The number of nitrogen functional groups attached to an aromatic ring is 1. The van der Waals surface area contributed by atoms with Crippen LogP contribution in [0, 0.1) is 17.0 Å². The molecule has 1 aromatic carbocycles. The number of nitro benzene ring substituents is 1. The molecule has 2 aromatic rings. The first-order valence-electron chi connectivity index (χ1n) is 6.06. The number of nitrogens with two attached hydrogens (primary N) is 1. The Morgan fingerprint density at radius 2 is 2.10 bits per heavy atom. The van der Waals surface area contributed by atoms with E-state index >= 15 is 0 Å². The van der Waals surface area contributed by atoms with Crippen LogP contribution in [-0.2, 0) is 6.42 Å². The summed E-state index contributed by atoms with van der Waals surface area (Å²) in [6.07, 6.45) is 0.640. The lowest BCUT2D eigenvalue weighted by molar-refractivity contribution is -0.384. The summed E-state index contributed by atoms with van der Waals surface area (Å²) < 4.78 is 5.61. The van der Waals surface area contributed by atoms with Crippen molar-refractivity contribution >= 4 is 11.5 Å². The van der Waals surface area contributed by atoms with Gasteiger partial charge in [-0.05, 0) is 18.6 Å². The Hall–Kier alpha value is -2.70. The molecule has 2 N–H and O–H groups in total. The molecule has 1 aromatic heterocycles. The van der Waals surface area contributed by atoms with Crippen LogP contribution in [0.2, 0.25) is 0 Å². The number of anilines is 1. The second kappa shape index (κ2) is 5.52. The monoisotopic (exact) mass is 274 g/mol. The second-order valence-electron chi connectivity index (χ2n) is 4.21. The van der Waals surface area contributed by atoms with Gasteiger partial charge in [0.25, 0.3) is 5.69 Å². The lowest BCUT2D eigenvalue weighted by atomic mass is 10.2. The van der Waals surface area contributed by atoms with Gasteiger partial charge in [-0.25, -0.2) is 4.98 Å². The van der Waals surface area contributed by atoms with Gasteiger partial charge in [0.1, 0.15) is 17.4 Å². The average molecular weight is 274 g/mol. The lowest BCUT2D eigenvalue weighted by Gasteiger charge is -2.09. The van der Waals surface area contributed by atoms with Gasteiger partial charge in [0.05, 0.1) is 4.92 Å².